The van der Waals surface area contributed by atoms with Crippen LogP contribution < -0.4 is 15.8 Å². The van der Waals surface area contributed by atoms with Crippen molar-refractivity contribution in [1.82, 2.24) is 9.88 Å². The first-order chi connectivity index (χ1) is 36.1. The van der Waals surface area contributed by atoms with E-state index in [1.807, 2.05) is 24.3 Å². The summed E-state index contributed by atoms with van der Waals surface area (Å²) in [5.74, 6) is 9.30. The first-order valence-electron chi connectivity index (χ1n) is 26.9. The van der Waals surface area contributed by atoms with E-state index < -0.39 is 12.3 Å². The summed E-state index contributed by atoms with van der Waals surface area (Å²) in [6, 6.07) is 28.3. The van der Waals surface area contributed by atoms with Gasteiger partial charge in [0.25, 0.3) is 0 Å². The van der Waals surface area contributed by atoms with Gasteiger partial charge < -0.3 is 55.4 Å². The number of aryl methyl sites for hydroxylation is 2. The van der Waals surface area contributed by atoms with Crippen molar-refractivity contribution >= 4 is 16.6 Å². The average Bonchev–Trinajstić information content (AvgIpc) is 3.84. The lowest BCUT2D eigenvalue weighted by atomic mass is 9.57. The summed E-state index contributed by atoms with van der Waals surface area (Å²) in [5, 5.41) is 61.2. The summed E-state index contributed by atoms with van der Waals surface area (Å²) < 4.78 is 22.3. The van der Waals surface area contributed by atoms with Crippen LogP contribution in [0.1, 0.15) is 107 Å². The zero-order valence-corrected chi connectivity index (χ0v) is 42.0. The summed E-state index contributed by atoms with van der Waals surface area (Å²) in [4.78, 5) is 0. The number of nitrogens with two attached hydrogens (primary N) is 1. The Bertz CT molecular complexity index is 3250. The fraction of sp³-hybridized carbons (Fsp3) is 0.397. The van der Waals surface area contributed by atoms with Gasteiger partial charge in [-0.1, -0.05) is 66.4 Å². The normalized spacial score (nSPS) is 25.6. The highest BCUT2D eigenvalue weighted by molar-refractivity contribution is 5.88. The van der Waals surface area contributed by atoms with Gasteiger partial charge in [-0.3, -0.25) is 0 Å². The number of aliphatic hydroxyl groups is 2. The lowest BCUT2D eigenvalue weighted by Gasteiger charge is -2.49. The van der Waals surface area contributed by atoms with Crippen LogP contribution in [0.15, 0.2) is 115 Å². The van der Waals surface area contributed by atoms with Crippen molar-refractivity contribution in [3.8, 4) is 34.8 Å². The number of dihydropyridines is 1. The molecule has 1 fully saturated rings. The van der Waals surface area contributed by atoms with Crippen LogP contribution in [0.4, 0.5) is 0 Å². The Balaban J connectivity index is 0.966. The quantitative estimate of drug-likeness (QED) is 0.0765. The van der Waals surface area contributed by atoms with E-state index in [2.05, 4.69) is 76.6 Å². The van der Waals surface area contributed by atoms with Crippen molar-refractivity contribution < 1.29 is 39.7 Å². The second-order valence-corrected chi connectivity index (χ2v) is 21.8. The zero-order chi connectivity index (χ0) is 50.5. The van der Waals surface area contributed by atoms with Crippen LogP contribution in [0.25, 0.3) is 16.6 Å². The van der Waals surface area contributed by atoms with Crippen molar-refractivity contribution in [2.75, 3.05) is 19.8 Å². The van der Waals surface area contributed by atoms with Crippen molar-refractivity contribution in [3.63, 3.8) is 0 Å². The summed E-state index contributed by atoms with van der Waals surface area (Å²) in [7, 11) is 0. The highest BCUT2D eigenvalue weighted by Crippen LogP contribution is 2.52. The van der Waals surface area contributed by atoms with Crippen LogP contribution in [0, 0.1) is 29.6 Å². The molecule has 74 heavy (non-hydrogen) atoms. The summed E-state index contributed by atoms with van der Waals surface area (Å²) >= 11 is 0. The molecule has 7 unspecified atom stereocenters. The van der Waals surface area contributed by atoms with Crippen molar-refractivity contribution in [1.29, 1.82) is 0 Å². The lowest BCUT2D eigenvalue weighted by Crippen LogP contribution is -2.47. The van der Waals surface area contributed by atoms with E-state index in [-0.39, 0.29) is 60.4 Å². The first-order valence-corrected chi connectivity index (χ1v) is 26.9. The van der Waals surface area contributed by atoms with Gasteiger partial charge in [0.15, 0.2) is 11.5 Å². The zero-order valence-electron chi connectivity index (χ0n) is 42.0. The molecule has 5 aromatic carbocycles. The van der Waals surface area contributed by atoms with Crippen LogP contribution in [0.5, 0.6) is 23.0 Å². The number of nitrogens with one attached hydrogen (secondary N) is 1. The van der Waals surface area contributed by atoms with Gasteiger partial charge in [0, 0.05) is 64.2 Å². The molecule has 5 aliphatic heterocycles. The van der Waals surface area contributed by atoms with Crippen LogP contribution in [0.3, 0.4) is 0 Å². The molecule has 0 saturated carbocycles. The van der Waals surface area contributed by atoms with Gasteiger partial charge in [0.1, 0.15) is 23.9 Å². The minimum absolute atomic E-state index is 0.0149. The number of ether oxygens (including phenoxy) is 3. The number of phenolic OH excluding ortho intramolecular Hbond substituents is 3. The predicted molar refractivity (Wildman–Crippen MR) is 286 cm³/mol. The van der Waals surface area contributed by atoms with Crippen LogP contribution in [0.2, 0.25) is 0 Å². The number of aliphatic hydroxyl groups excluding tert-OH is 2. The molecule has 7 atom stereocenters. The fourth-order valence-electron chi connectivity index (χ4n) is 13.5. The van der Waals surface area contributed by atoms with E-state index in [1.165, 1.54) is 16.7 Å². The molecule has 11 nitrogen and oxygen atoms in total. The SMILES string of the molecule is NC1C=C2C#CC(CCc3ccc(O)c(Cc4cccc(O)c4)c3)CCCC3CC(O)C4CCc5c(c(CO)cc(O)c5OCc5cc(C67CCOCC6CCc6ccccc67)cc6cn(cc56)C(=C2CO3)N1)C4. The van der Waals surface area contributed by atoms with Crippen molar-refractivity contribution in [2.45, 2.75) is 120 Å². The number of phenols is 3. The topological polar surface area (TPSA) is 172 Å². The third-order valence-electron chi connectivity index (χ3n) is 17.4. The standard InChI is InChI=1S/C63H67N3O8/c64-60-30-42-15-13-38(11-12-39-14-20-57(69)44(23-39)24-40-6-3-8-50(68)25-40)5-4-9-51-31-58(70)43-17-19-52-53(28-43)46(34-67)29-59(71)61(52)74-35-47-27-49(26-45-32-66(33-54(45)47)62(65-60)55(42)37-73-51)63-21-22-72-36-48(63)18-16-41-7-1-2-10-56(41)63/h1-3,6-8,10,14,20,23,25-27,29-30,32-33,38,43,48,51,58,60,65,67-71H,4-5,9,11-12,16-19,21-22,24,28,31,34-37,64H2. The maximum absolute atomic E-state index is 12.2. The molecule has 382 valence electrons. The van der Waals surface area contributed by atoms with Crippen molar-refractivity contribution in [3.05, 3.63) is 170 Å². The number of hydrogen-bond acceptors (Lipinski definition) is 10. The highest BCUT2D eigenvalue weighted by Gasteiger charge is 2.48. The Kier molecular flexibility index (Phi) is 13.3. The largest absolute Gasteiger partial charge is 0.508 e. The molecule has 0 spiro atoms. The Labute approximate surface area is 433 Å². The third-order valence-corrected chi connectivity index (χ3v) is 17.4. The molecule has 1 saturated heterocycles. The van der Waals surface area contributed by atoms with E-state index in [4.69, 9.17) is 19.9 Å². The molecule has 8 bridgehead atoms. The summed E-state index contributed by atoms with van der Waals surface area (Å²) in [6.07, 6.45) is 14.6. The van der Waals surface area contributed by atoms with E-state index in [1.54, 1.807) is 24.3 Å². The summed E-state index contributed by atoms with van der Waals surface area (Å²) in [6.45, 7) is 1.59. The molecule has 8 N–H and O–H groups in total. The second-order valence-electron chi connectivity index (χ2n) is 21.8. The van der Waals surface area contributed by atoms with Gasteiger partial charge in [-0.05, 0) is 175 Å². The summed E-state index contributed by atoms with van der Waals surface area (Å²) in [5.41, 5.74) is 18.7. The molecule has 11 heteroatoms. The molecule has 6 heterocycles. The van der Waals surface area contributed by atoms with E-state index in [9.17, 15) is 25.5 Å². The first kappa shape index (κ1) is 48.4. The number of aromatic nitrogens is 1. The molecule has 6 aromatic rings. The minimum atomic E-state index is -0.667. The molecule has 0 radical (unpaired) electrons. The van der Waals surface area contributed by atoms with Gasteiger partial charge in [-0.2, -0.15) is 0 Å². The highest BCUT2D eigenvalue weighted by atomic mass is 16.5. The van der Waals surface area contributed by atoms with Crippen LogP contribution in [-0.4, -0.2) is 68.3 Å². The molecular weight excluding hydrogens is 927 g/mol. The minimum Gasteiger partial charge on any atom is -0.508 e. The Morgan fingerprint density at radius 1 is 0.838 bits per heavy atom. The maximum Gasteiger partial charge on any atom is 0.164 e. The molecule has 1 aromatic heterocycles. The van der Waals surface area contributed by atoms with Crippen LogP contribution in [-0.2, 0) is 60.2 Å². The van der Waals surface area contributed by atoms with Gasteiger partial charge in [-0.15, -0.1) is 0 Å². The smallest absolute Gasteiger partial charge is 0.164 e. The van der Waals surface area contributed by atoms with Crippen LogP contribution >= 0.6 is 0 Å². The van der Waals surface area contributed by atoms with E-state index in [0.29, 0.717) is 62.5 Å². The lowest BCUT2D eigenvalue weighted by molar-refractivity contribution is -0.00236. The maximum atomic E-state index is 12.2. The molecule has 13 rings (SSSR count). The number of nitrogens with zero attached hydrogens (tertiary/aromatic N) is 1. The average molecular weight is 994 g/mol. The number of benzene rings is 5. The van der Waals surface area contributed by atoms with E-state index in [0.717, 1.165) is 112 Å². The van der Waals surface area contributed by atoms with Crippen molar-refractivity contribution in [2.24, 2.45) is 23.5 Å². The fourth-order valence-corrected chi connectivity index (χ4v) is 13.5. The number of fused-ring (bicyclic) bond motifs is 6. The monoisotopic (exact) mass is 993 g/mol. The Morgan fingerprint density at radius 2 is 1.74 bits per heavy atom. The molecule has 7 aliphatic rings. The number of hydrogen-bond donors (Lipinski definition) is 7. The Morgan fingerprint density at radius 3 is 2.64 bits per heavy atom. The predicted octanol–water partition coefficient (Wildman–Crippen LogP) is 9.36. The molecular formula is C63H67N3O8. The number of rotatable bonds is 7. The molecule has 0 amide bonds. The third kappa shape index (κ3) is 9.26. The number of aromatic hydroxyl groups is 3. The molecule has 2 aliphatic carbocycles. The van der Waals surface area contributed by atoms with Gasteiger partial charge >= 0.3 is 0 Å². The van der Waals surface area contributed by atoms with E-state index >= 15 is 0 Å². The van der Waals surface area contributed by atoms with Gasteiger partial charge in [-0.25, -0.2) is 0 Å². The second kappa shape index (κ2) is 20.3. The van der Waals surface area contributed by atoms with Gasteiger partial charge in [0.05, 0.1) is 38.2 Å². The van der Waals surface area contributed by atoms with Gasteiger partial charge in [0.2, 0.25) is 0 Å². The Hall–Kier alpha value is -6.52.